The van der Waals surface area contributed by atoms with Crippen LogP contribution in [0.4, 0.5) is 24.9 Å². The highest BCUT2D eigenvalue weighted by molar-refractivity contribution is 7.18. The third-order valence-corrected chi connectivity index (χ3v) is 18.0. The van der Waals surface area contributed by atoms with Crippen molar-refractivity contribution in [1.82, 2.24) is 46.3 Å². The van der Waals surface area contributed by atoms with Gasteiger partial charge >= 0.3 is 0 Å². The summed E-state index contributed by atoms with van der Waals surface area (Å²) in [7, 11) is 1.53. The summed E-state index contributed by atoms with van der Waals surface area (Å²) < 4.78 is 18.1. The van der Waals surface area contributed by atoms with Crippen LogP contribution in [0.25, 0.3) is 22.3 Å². The number of Topliss-reactive ketones (excluding diaryl/α,β-unsaturated/α-hetero) is 1. The number of benzene rings is 5. The van der Waals surface area contributed by atoms with Gasteiger partial charge in [-0.3, -0.25) is 54.0 Å². The Balaban J connectivity index is 0.000000185. The Bertz CT molecular complexity index is 4090. The van der Waals surface area contributed by atoms with Crippen LogP contribution in [0, 0.1) is 5.82 Å². The van der Waals surface area contributed by atoms with Gasteiger partial charge in [0, 0.05) is 25.1 Å². The van der Waals surface area contributed by atoms with Crippen LogP contribution in [-0.2, 0) is 23.9 Å². The lowest BCUT2D eigenvalue weighted by Crippen LogP contribution is -2.24. The average Bonchev–Trinajstić information content (AvgIpc) is 1.08. The van der Waals surface area contributed by atoms with Crippen molar-refractivity contribution in [2.45, 2.75) is 63.7 Å². The average molecular weight is 1410 g/mol. The molecule has 4 unspecified atom stereocenters. The summed E-state index contributed by atoms with van der Waals surface area (Å²) in [5.41, 5.74) is 12.0. The topological polar surface area (TPSA) is 388 Å². The molecule has 0 aliphatic heterocycles. The fourth-order valence-corrected chi connectivity index (χ4v) is 12.1. The van der Waals surface area contributed by atoms with Crippen LogP contribution in [0.5, 0.6) is 0 Å². The molecule has 5 aromatic heterocycles. The number of hydroxylamine groups is 3. The van der Waals surface area contributed by atoms with Gasteiger partial charge < -0.3 is 31.1 Å². The van der Waals surface area contributed by atoms with E-state index in [9.17, 15) is 42.7 Å². The monoisotopic (exact) mass is 1410 g/mol. The van der Waals surface area contributed by atoms with E-state index in [1.165, 1.54) is 61.3 Å². The van der Waals surface area contributed by atoms with Crippen molar-refractivity contribution in [3.05, 3.63) is 225 Å². The van der Waals surface area contributed by atoms with E-state index in [0.29, 0.717) is 45.1 Å². The van der Waals surface area contributed by atoms with E-state index in [4.69, 9.17) is 25.5 Å². The van der Waals surface area contributed by atoms with Crippen molar-refractivity contribution in [1.29, 1.82) is 0 Å². The van der Waals surface area contributed by atoms with E-state index in [2.05, 4.69) is 51.2 Å². The minimum absolute atomic E-state index is 0.174. The van der Waals surface area contributed by atoms with Crippen LogP contribution in [0.3, 0.4) is 0 Å². The molecule has 7 amide bonds. The fourth-order valence-electron chi connectivity index (χ4n) is 9.27. The first-order chi connectivity index (χ1) is 47.4. The van der Waals surface area contributed by atoms with Gasteiger partial charge in [-0.05, 0) is 70.3 Å². The molecule has 0 saturated carbocycles. The van der Waals surface area contributed by atoms with Crippen LogP contribution < -0.4 is 37.7 Å². The zero-order valence-electron chi connectivity index (χ0n) is 52.7. The summed E-state index contributed by atoms with van der Waals surface area (Å²) in [6.07, 6.45) is 11.9. The number of carbonyl (C=O) groups is 8. The van der Waals surface area contributed by atoms with Crippen LogP contribution in [-0.4, -0.2) is 118 Å². The number of aromatic nitrogens is 6. The number of nitrogens with zero attached hydrogens (tertiary/aromatic N) is 6. The molecule has 0 aliphatic rings. The minimum Gasteiger partial charge on any atom is -0.388 e. The second kappa shape index (κ2) is 38.2. The van der Waals surface area contributed by atoms with Crippen molar-refractivity contribution < 1.29 is 68.2 Å². The van der Waals surface area contributed by atoms with Crippen LogP contribution >= 0.6 is 45.3 Å². The third-order valence-electron chi connectivity index (χ3n) is 14.3. The largest absolute Gasteiger partial charge is 0.388 e. The second-order valence-electron chi connectivity index (χ2n) is 20.6. The zero-order valence-corrected chi connectivity index (χ0v) is 56.0. The number of thiazole rings is 4. The molecule has 11 N–H and O–H groups in total. The maximum Gasteiger partial charge on any atom is 0.286 e. The summed E-state index contributed by atoms with van der Waals surface area (Å²) in [6, 6.07) is 40.7. The summed E-state index contributed by atoms with van der Waals surface area (Å²) in [5, 5.41) is 46.6. The van der Waals surface area contributed by atoms with Gasteiger partial charge in [0.15, 0.2) is 26.3 Å². The quantitative estimate of drug-likeness (QED) is 0.0152. The lowest BCUT2D eigenvalue weighted by Gasteiger charge is -2.15. The van der Waals surface area contributed by atoms with Gasteiger partial charge in [-0.25, -0.2) is 50.7 Å². The molecule has 0 fully saturated rings. The molecule has 10 aromatic rings. The Morgan fingerprint density at radius 3 is 1.09 bits per heavy atom. The number of anilines is 4. The van der Waals surface area contributed by atoms with Gasteiger partial charge in [-0.15, -0.1) is 0 Å². The number of amides is 7. The highest BCUT2D eigenvalue weighted by Crippen LogP contribution is 2.31. The third kappa shape index (κ3) is 21.4. The van der Waals surface area contributed by atoms with Crippen molar-refractivity contribution in [2.75, 3.05) is 41.6 Å². The maximum atomic E-state index is 12.9. The van der Waals surface area contributed by atoms with Crippen molar-refractivity contribution >= 4 is 113 Å². The number of aliphatic hydroxyl groups is 1. The maximum absolute atomic E-state index is 12.9. The molecule has 0 aliphatic carbocycles. The summed E-state index contributed by atoms with van der Waals surface area (Å²) in [5.74, 6) is -5.34. The number of carbonyl (C=O) groups excluding carboxylic acids is 8. The predicted octanol–water partition coefficient (Wildman–Crippen LogP) is 11.1. The number of hydrogen-bond donors (Lipinski definition) is 11. The van der Waals surface area contributed by atoms with Crippen molar-refractivity contribution in [2.24, 2.45) is 0 Å². The lowest BCUT2D eigenvalue weighted by molar-refractivity contribution is -0.119. The standard InChI is InChI=1S/C20H19N3O3S.C18H17N5O3S.C15H16N2O4S.C14H14FN3O3S/c1-2-16(18(24)22-20-21-12-17(27-20)19(25)23-26)15-10-8-14(9-11-15)13-6-4-3-5-7-13;1-2-14(16(24)22-18-21-9-15(27-18)17(25)23-26)12-5-3-11(4-6-12)13-7-19-10-20-8-13;1-21-9-11(10-5-3-2-4-6-10)14(20)17-15-16-7-13(22-15)12(19)8-18;1-2-10(8-3-5-9(15)6-4-8)12(19)17-14-16-7-11(22-14)13(20)18-21/h3-12,16,26H,2H2,1H3,(H,23,25)(H,21,22,24);3-10,14,26H,2H2,1H3,(H,23,25)(H,21,22,24);2-7,11,18H,8-9H2,1H3,(H,16,17,20);3-7,10,21H,2H2,1H3,(H,18,20)(H,16,17,19). The smallest absolute Gasteiger partial charge is 0.286 e. The van der Waals surface area contributed by atoms with Gasteiger partial charge in [0.1, 0.15) is 33.4 Å². The van der Waals surface area contributed by atoms with Gasteiger partial charge in [-0.2, -0.15) is 0 Å². The Hall–Kier alpha value is -10.6. The molecule has 508 valence electrons. The van der Waals surface area contributed by atoms with Crippen molar-refractivity contribution in [3.63, 3.8) is 0 Å². The molecule has 5 aromatic carbocycles. The number of methoxy groups -OCH3 is 1. The van der Waals surface area contributed by atoms with Crippen molar-refractivity contribution in [3.8, 4) is 22.3 Å². The SMILES string of the molecule is CCC(C(=O)Nc1ncc(C(=O)NO)s1)c1ccc(-c2ccccc2)cc1.CCC(C(=O)Nc1ncc(C(=O)NO)s1)c1ccc(-c2cncnc2)cc1.CCC(C(=O)Nc1ncc(C(=O)NO)s1)c1ccc(F)cc1.COCC(C(=O)Nc1ncc(C(=O)CO)s1)c1ccccc1. The number of ketones is 1. The molecule has 0 spiro atoms. The number of ether oxygens (including phenoxy) is 1. The van der Waals surface area contributed by atoms with Gasteiger partial charge in [0.05, 0.1) is 59.9 Å². The molecule has 5 heterocycles. The Morgan fingerprint density at radius 1 is 0.418 bits per heavy atom. The molecule has 0 bridgehead atoms. The molecular weight excluding hydrogens is 1340 g/mol. The first-order valence-electron chi connectivity index (χ1n) is 29.8. The number of nitrogens with one attached hydrogen (secondary N) is 7. The second-order valence-corrected chi connectivity index (χ2v) is 24.7. The number of hydrogen-bond acceptors (Lipinski definition) is 23. The number of rotatable bonds is 24. The molecule has 10 rings (SSSR count). The molecular formula is C67H66FN13O13S4. The van der Waals surface area contributed by atoms with E-state index in [0.717, 1.165) is 84.3 Å². The highest BCUT2D eigenvalue weighted by atomic mass is 32.1. The van der Waals surface area contributed by atoms with Crippen LogP contribution in [0.1, 0.15) is 125 Å². The van der Waals surface area contributed by atoms with E-state index in [1.807, 2.05) is 130 Å². The van der Waals surface area contributed by atoms with Gasteiger partial charge in [0.2, 0.25) is 23.6 Å². The molecule has 31 heteroatoms. The van der Waals surface area contributed by atoms with E-state index >= 15 is 0 Å². The first-order valence-corrected chi connectivity index (χ1v) is 33.0. The Morgan fingerprint density at radius 2 is 0.735 bits per heavy atom. The normalized spacial score (nSPS) is 11.7. The number of aliphatic hydroxyl groups excluding tert-OH is 1. The van der Waals surface area contributed by atoms with E-state index in [-0.39, 0.29) is 67.7 Å². The van der Waals surface area contributed by atoms with Gasteiger partial charge in [-0.1, -0.05) is 187 Å². The Labute approximate surface area is 576 Å². The molecule has 98 heavy (non-hydrogen) atoms. The Kier molecular flexibility index (Phi) is 29.2. The fraction of sp³-hybridized carbons (Fsp3) is 0.194. The van der Waals surface area contributed by atoms with E-state index in [1.54, 1.807) is 30.0 Å². The number of halogens is 1. The molecule has 0 saturated heterocycles. The summed E-state index contributed by atoms with van der Waals surface area (Å²) >= 11 is 3.96. The lowest BCUT2D eigenvalue weighted by atomic mass is 9.93. The molecule has 4 atom stereocenters. The summed E-state index contributed by atoms with van der Waals surface area (Å²) in [4.78, 5) is 120. The first kappa shape index (κ1) is 74.8. The van der Waals surface area contributed by atoms with Crippen LogP contribution in [0.15, 0.2) is 177 Å². The van der Waals surface area contributed by atoms with Gasteiger partial charge in [0.25, 0.3) is 17.7 Å². The molecule has 0 radical (unpaired) electrons. The minimum atomic E-state index is -0.691. The van der Waals surface area contributed by atoms with E-state index < -0.39 is 41.9 Å². The molecule has 26 nitrogen and oxygen atoms in total. The highest BCUT2D eigenvalue weighted by Gasteiger charge is 2.26. The zero-order chi connectivity index (χ0) is 70.5. The predicted molar refractivity (Wildman–Crippen MR) is 368 cm³/mol. The van der Waals surface area contributed by atoms with Crippen LogP contribution in [0.2, 0.25) is 0 Å². The summed E-state index contributed by atoms with van der Waals surface area (Å²) in [6.45, 7) is 5.38.